The van der Waals surface area contributed by atoms with Crippen LogP contribution in [0.15, 0.2) is 36.5 Å². The van der Waals surface area contributed by atoms with E-state index in [0.29, 0.717) is 17.1 Å². The smallest absolute Gasteiger partial charge is 0.256 e. The van der Waals surface area contributed by atoms with E-state index in [-0.39, 0.29) is 11.3 Å². The molecule has 2 rings (SSSR count). The standard InChI is InChI=1S/C17H21N3O/c1-11-9-14(18)10-19-15(11)20-16(21)12-5-7-13(8-6-12)17(2,3)4/h5-10H,18H2,1-4H3,(H,19,20,21). The van der Waals surface area contributed by atoms with Crippen LogP contribution in [0.4, 0.5) is 11.5 Å². The highest BCUT2D eigenvalue weighted by atomic mass is 16.1. The van der Waals surface area contributed by atoms with Crippen LogP contribution in [0.5, 0.6) is 0 Å². The first-order valence-corrected chi connectivity index (χ1v) is 6.91. The zero-order valence-corrected chi connectivity index (χ0v) is 12.9. The lowest BCUT2D eigenvalue weighted by Gasteiger charge is -2.19. The zero-order valence-electron chi connectivity index (χ0n) is 12.9. The van der Waals surface area contributed by atoms with Crippen LogP contribution in [0.25, 0.3) is 0 Å². The van der Waals surface area contributed by atoms with Gasteiger partial charge in [-0.1, -0.05) is 32.9 Å². The first-order valence-electron chi connectivity index (χ1n) is 6.91. The highest BCUT2D eigenvalue weighted by Gasteiger charge is 2.14. The molecule has 21 heavy (non-hydrogen) atoms. The predicted molar refractivity (Wildman–Crippen MR) is 86.5 cm³/mol. The Kier molecular flexibility index (Phi) is 3.98. The number of hydrogen-bond donors (Lipinski definition) is 2. The number of hydrogen-bond acceptors (Lipinski definition) is 3. The zero-order chi connectivity index (χ0) is 15.6. The summed E-state index contributed by atoms with van der Waals surface area (Å²) in [7, 11) is 0. The van der Waals surface area contributed by atoms with E-state index in [1.807, 2.05) is 31.2 Å². The molecule has 0 saturated carbocycles. The third kappa shape index (κ3) is 3.60. The van der Waals surface area contributed by atoms with Crippen molar-refractivity contribution < 1.29 is 4.79 Å². The van der Waals surface area contributed by atoms with Crippen molar-refractivity contribution in [3.05, 3.63) is 53.2 Å². The Morgan fingerprint density at radius 1 is 1.19 bits per heavy atom. The summed E-state index contributed by atoms with van der Waals surface area (Å²) in [5.41, 5.74) is 8.96. The SMILES string of the molecule is Cc1cc(N)cnc1NC(=O)c1ccc(C(C)(C)C)cc1. The van der Waals surface area contributed by atoms with E-state index in [4.69, 9.17) is 5.73 Å². The van der Waals surface area contributed by atoms with E-state index in [1.54, 1.807) is 6.07 Å². The molecule has 0 unspecified atom stereocenters. The van der Waals surface area contributed by atoms with E-state index < -0.39 is 0 Å². The molecule has 0 aliphatic carbocycles. The first kappa shape index (κ1) is 15.0. The van der Waals surface area contributed by atoms with Crippen molar-refractivity contribution in [1.82, 2.24) is 4.98 Å². The summed E-state index contributed by atoms with van der Waals surface area (Å²) in [6, 6.07) is 9.42. The maximum atomic E-state index is 12.2. The largest absolute Gasteiger partial charge is 0.397 e. The Labute approximate surface area is 125 Å². The van der Waals surface area contributed by atoms with Gasteiger partial charge in [-0.3, -0.25) is 4.79 Å². The third-order valence-electron chi connectivity index (χ3n) is 3.34. The molecule has 110 valence electrons. The summed E-state index contributed by atoms with van der Waals surface area (Å²) in [6.45, 7) is 8.29. The Morgan fingerprint density at radius 2 is 1.81 bits per heavy atom. The topological polar surface area (TPSA) is 68.0 Å². The van der Waals surface area contributed by atoms with Crippen molar-refractivity contribution in [2.45, 2.75) is 33.1 Å². The maximum Gasteiger partial charge on any atom is 0.256 e. The Balaban J connectivity index is 2.17. The molecule has 3 N–H and O–H groups in total. The number of amides is 1. The summed E-state index contributed by atoms with van der Waals surface area (Å²) in [5.74, 6) is 0.366. The molecular weight excluding hydrogens is 262 g/mol. The van der Waals surface area contributed by atoms with Crippen LogP contribution < -0.4 is 11.1 Å². The van der Waals surface area contributed by atoms with Gasteiger partial charge in [0.25, 0.3) is 5.91 Å². The summed E-state index contributed by atoms with van der Waals surface area (Å²) in [6.07, 6.45) is 1.53. The van der Waals surface area contributed by atoms with Crippen LogP contribution in [0.2, 0.25) is 0 Å². The number of pyridine rings is 1. The second-order valence-electron chi connectivity index (χ2n) is 6.22. The van der Waals surface area contributed by atoms with Crippen LogP contribution in [0, 0.1) is 6.92 Å². The van der Waals surface area contributed by atoms with Crippen molar-refractivity contribution in [3.8, 4) is 0 Å². The van der Waals surface area contributed by atoms with Gasteiger partial charge in [0, 0.05) is 5.56 Å². The molecule has 0 saturated heterocycles. The average molecular weight is 283 g/mol. The normalized spacial score (nSPS) is 11.2. The molecule has 0 aliphatic rings. The molecule has 1 heterocycles. The average Bonchev–Trinajstić information content (AvgIpc) is 2.41. The number of carbonyl (C=O) groups is 1. The fourth-order valence-corrected chi connectivity index (χ4v) is 2.03. The van der Waals surface area contributed by atoms with Crippen LogP contribution >= 0.6 is 0 Å². The molecule has 4 heteroatoms. The molecule has 0 radical (unpaired) electrons. The van der Waals surface area contributed by atoms with Crippen molar-refractivity contribution in [2.24, 2.45) is 0 Å². The van der Waals surface area contributed by atoms with Crippen molar-refractivity contribution in [3.63, 3.8) is 0 Å². The highest BCUT2D eigenvalue weighted by molar-refractivity contribution is 6.04. The summed E-state index contributed by atoms with van der Waals surface area (Å²) < 4.78 is 0. The van der Waals surface area contributed by atoms with Crippen LogP contribution in [-0.2, 0) is 5.41 Å². The van der Waals surface area contributed by atoms with Gasteiger partial charge >= 0.3 is 0 Å². The minimum atomic E-state index is -0.171. The number of rotatable bonds is 2. The molecule has 1 amide bonds. The van der Waals surface area contributed by atoms with Crippen molar-refractivity contribution in [1.29, 1.82) is 0 Å². The molecule has 1 aromatic heterocycles. The number of carbonyl (C=O) groups excluding carboxylic acids is 1. The van der Waals surface area contributed by atoms with Gasteiger partial charge in [0.15, 0.2) is 0 Å². The van der Waals surface area contributed by atoms with Crippen molar-refractivity contribution in [2.75, 3.05) is 11.1 Å². The van der Waals surface area contributed by atoms with Gasteiger partial charge in [-0.25, -0.2) is 4.98 Å². The van der Waals surface area contributed by atoms with Gasteiger partial charge in [-0.05, 0) is 41.7 Å². The number of benzene rings is 1. The number of nitrogen functional groups attached to an aromatic ring is 1. The number of nitrogens with one attached hydrogen (secondary N) is 1. The van der Waals surface area contributed by atoms with E-state index in [1.165, 1.54) is 11.8 Å². The van der Waals surface area contributed by atoms with Crippen LogP contribution in [-0.4, -0.2) is 10.9 Å². The van der Waals surface area contributed by atoms with Crippen molar-refractivity contribution >= 4 is 17.4 Å². The Bertz CT molecular complexity index is 655. The fourth-order valence-electron chi connectivity index (χ4n) is 2.03. The van der Waals surface area contributed by atoms with E-state index in [9.17, 15) is 4.79 Å². The summed E-state index contributed by atoms with van der Waals surface area (Å²) in [4.78, 5) is 16.4. The number of aryl methyl sites for hydroxylation is 1. The minimum absolute atomic E-state index is 0.0735. The lowest BCUT2D eigenvalue weighted by atomic mass is 9.87. The third-order valence-corrected chi connectivity index (χ3v) is 3.34. The second-order valence-corrected chi connectivity index (χ2v) is 6.22. The molecule has 0 atom stereocenters. The van der Waals surface area contributed by atoms with Gasteiger partial charge < -0.3 is 11.1 Å². The Morgan fingerprint density at radius 3 is 2.33 bits per heavy atom. The van der Waals surface area contributed by atoms with Gasteiger partial charge in [-0.15, -0.1) is 0 Å². The quantitative estimate of drug-likeness (QED) is 0.886. The van der Waals surface area contributed by atoms with Gasteiger partial charge in [0.1, 0.15) is 5.82 Å². The van der Waals surface area contributed by atoms with Crippen LogP contribution in [0.1, 0.15) is 42.3 Å². The molecule has 1 aromatic carbocycles. The minimum Gasteiger partial charge on any atom is -0.397 e. The number of anilines is 2. The highest BCUT2D eigenvalue weighted by Crippen LogP contribution is 2.22. The monoisotopic (exact) mass is 283 g/mol. The Hall–Kier alpha value is -2.36. The van der Waals surface area contributed by atoms with E-state index in [2.05, 4.69) is 31.1 Å². The summed E-state index contributed by atoms with van der Waals surface area (Å²) in [5, 5.41) is 2.81. The predicted octanol–water partition coefficient (Wildman–Crippen LogP) is 3.52. The van der Waals surface area contributed by atoms with E-state index >= 15 is 0 Å². The number of aromatic nitrogens is 1. The molecule has 0 aliphatic heterocycles. The molecular formula is C17H21N3O. The number of nitrogens with two attached hydrogens (primary N) is 1. The first-order chi connectivity index (χ1) is 9.77. The van der Waals surface area contributed by atoms with Gasteiger partial charge in [0.05, 0.1) is 11.9 Å². The fraction of sp³-hybridized carbons (Fsp3) is 0.294. The van der Waals surface area contributed by atoms with E-state index in [0.717, 1.165) is 5.56 Å². The number of nitrogens with zero attached hydrogens (tertiary/aromatic N) is 1. The summed E-state index contributed by atoms with van der Waals surface area (Å²) >= 11 is 0. The molecule has 0 bridgehead atoms. The lowest BCUT2D eigenvalue weighted by molar-refractivity contribution is 0.102. The second kappa shape index (κ2) is 5.56. The molecule has 0 spiro atoms. The lowest BCUT2D eigenvalue weighted by Crippen LogP contribution is -2.15. The van der Waals surface area contributed by atoms with Gasteiger partial charge in [0.2, 0.25) is 0 Å². The van der Waals surface area contributed by atoms with Crippen LogP contribution in [0.3, 0.4) is 0 Å². The maximum absolute atomic E-state index is 12.2. The van der Waals surface area contributed by atoms with Gasteiger partial charge in [-0.2, -0.15) is 0 Å². The molecule has 2 aromatic rings. The molecule has 0 fully saturated rings. The molecule has 4 nitrogen and oxygen atoms in total.